The molecule has 1 aromatic rings. The topological polar surface area (TPSA) is 69.8 Å². The molecular weight excluding hydrogens is 356 g/mol. The van der Waals surface area contributed by atoms with Crippen molar-refractivity contribution in [3.8, 4) is 11.5 Å². The van der Waals surface area contributed by atoms with Crippen LogP contribution in [0.5, 0.6) is 0 Å². The van der Waals surface area contributed by atoms with Gasteiger partial charge in [0.2, 0.25) is 0 Å². The molecule has 150 valence electrons. The fourth-order valence-corrected chi connectivity index (χ4v) is 3.24. The van der Waals surface area contributed by atoms with Gasteiger partial charge in [-0.25, -0.2) is 14.3 Å². The van der Waals surface area contributed by atoms with Gasteiger partial charge in [0.15, 0.2) is 24.9 Å². The standard InChI is InChI=1S/C20H30N6O2/c1-13-9-15-16(10-14(13)2)23(11-25(3,4)5)18-17(21-15)19(27)24(20(28)22-18)12-26(6,7)8/h9-10H,11-12H2,1-8H3/q+2. The summed E-state index contributed by atoms with van der Waals surface area (Å²) in [6, 6.07) is 4.04. The SMILES string of the molecule is Cc1cc2nc3c(=O)n(C[N+](C)(C)C)c(=O)nc-3n(C[N+](C)(C)C)c2cc1C. The fourth-order valence-electron chi connectivity index (χ4n) is 3.24. The Morgan fingerprint density at radius 3 is 1.93 bits per heavy atom. The summed E-state index contributed by atoms with van der Waals surface area (Å²) in [5.74, 6) is 0.344. The Bertz CT molecular complexity index is 1140. The number of nitrogens with zero attached hydrogens (tertiary/aromatic N) is 6. The molecule has 0 amide bonds. The Kier molecular flexibility index (Phi) is 4.68. The maximum absolute atomic E-state index is 13.2. The molecule has 2 aliphatic heterocycles. The minimum atomic E-state index is -0.536. The van der Waals surface area contributed by atoms with E-state index in [1.54, 1.807) is 0 Å². The van der Waals surface area contributed by atoms with Crippen molar-refractivity contribution in [3.63, 3.8) is 0 Å². The molecule has 0 aromatic heterocycles. The van der Waals surface area contributed by atoms with Gasteiger partial charge in [-0.2, -0.15) is 4.98 Å². The molecule has 0 fully saturated rings. The molecule has 0 aliphatic carbocycles. The van der Waals surface area contributed by atoms with E-state index in [-0.39, 0.29) is 12.4 Å². The molecule has 28 heavy (non-hydrogen) atoms. The van der Waals surface area contributed by atoms with Crippen LogP contribution in [-0.2, 0) is 13.3 Å². The van der Waals surface area contributed by atoms with Crippen LogP contribution < -0.4 is 11.2 Å². The third kappa shape index (κ3) is 3.83. The molecule has 1 aromatic carbocycles. The lowest BCUT2D eigenvalue weighted by Gasteiger charge is -2.28. The van der Waals surface area contributed by atoms with E-state index in [1.165, 1.54) is 4.57 Å². The van der Waals surface area contributed by atoms with Crippen molar-refractivity contribution in [2.24, 2.45) is 0 Å². The van der Waals surface area contributed by atoms with Crippen molar-refractivity contribution >= 4 is 11.0 Å². The second-order valence-corrected chi connectivity index (χ2v) is 9.63. The van der Waals surface area contributed by atoms with Crippen molar-refractivity contribution in [1.82, 2.24) is 19.1 Å². The zero-order chi connectivity index (χ0) is 21.0. The van der Waals surface area contributed by atoms with E-state index in [2.05, 4.69) is 37.2 Å². The average molecular weight is 387 g/mol. The van der Waals surface area contributed by atoms with Gasteiger partial charge in [0.05, 0.1) is 53.3 Å². The molecule has 0 bridgehead atoms. The Morgan fingerprint density at radius 1 is 0.821 bits per heavy atom. The summed E-state index contributed by atoms with van der Waals surface area (Å²) in [7, 11) is 11.9. The highest BCUT2D eigenvalue weighted by molar-refractivity contribution is 5.80. The van der Waals surface area contributed by atoms with E-state index in [0.717, 1.165) is 22.2 Å². The summed E-state index contributed by atoms with van der Waals surface area (Å²) in [5.41, 5.74) is 3.15. The smallest absolute Gasteiger partial charge is 0.313 e. The van der Waals surface area contributed by atoms with Crippen LogP contribution in [0.15, 0.2) is 21.7 Å². The van der Waals surface area contributed by atoms with Gasteiger partial charge in [0.25, 0.3) is 5.56 Å². The zero-order valence-electron chi connectivity index (χ0n) is 18.1. The van der Waals surface area contributed by atoms with E-state index < -0.39 is 11.2 Å². The fraction of sp³-hybridized carbons (Fsp3) is 0.500. The van der Waals surface area contributed by atoms with Crippen LogP contribution in [0.1, 0.15) is 11.1 Å². The van der Waals surface area contributed by atoms with E-state index in [4.69, 9.17) is 0 Å². The molecular formula is C20H30N6O2+2. The Morgan fingerprint density at radius 2 is 1.36 bits per heavy atom. The Balaban J connectivity index is 2.46. The highest BCUT2D eigenvalue weighted by atomic mass is 16.2. The molecule has 8 nitrogen and oxygen atoms in total. The third-order valence-electron chi connectivity index (χ3n) is 4.59. The van der Waals surface area contributed by atoms with Gasteiger partial charge in [0.1, 0.15) is 0 Å². The van der Waals surface area contributed by atoms with E-state index in [0.29, 0.717) is 21.5 Å². The maximum Gasteiger partial charge on any atom is 0.357 e. The molecule has 0 saturated heterocycles. The predicted molar refractivity (Wildman–Crippen MR) is 110 cm³/mol. The maximum atomic E-state index is 13.2. The van der Waals surface area contributed by atoms with Crippen LogP contribution in [-0.4, -0.2) is 70.4 Å². The Labute approximate surface area is 164 Å². The lowest BCUT2D eigenvalue weighted by Crippen LogP contribution is -2.48. The van der Waals surface area contributed by atoms with Crippen LogP contribution in [0.4, 0.5) is 0 Å². The second kappa shape index (κ2) is 6.49. The number of benzene rings is 1. The number of quaternary nitrogens is 2. The number of aryl methyl sites for hydroxylation is 2. The van der Waals surface area contributed by atoms with Gasteiger partial charge in [-0.15, -0.1) is 0 Å². The van der Waals surface area contributed by atoms with Crippen LogP contribution in [0.25, 0.3) is 22.6 Å². The van der Waals surface area contributed by atoms with Crippen molar-refractivity contribution in [1.29, 1.82) is 0 Å². The molecule has 0 spiro atoms. The van der Waals surface area contributed by atoms with E-state index in [1.807, 2.05) is 45.6 Å². The molecule has 0 radical (unpaired) electrons. The van der Waals surface area contributed by atoms with Crippen LogP contribution >= 0.6 is 0 Å². The van der Waals surface area contributed by atoms with Gasteiger partial charge in [0, 0.05) is 0 Å². The number of hydrogen-bond donors (Lipinski definition) is 0. The first-order valence-electron chi connectivity index (χ1n) is 9.30. The van der Waals surface area contributed by atoms with Gasteiger partial charge < -0.3 is 8.97 Å². The number of fused-ring (bicyclic) bond motifs is 2. The largest absolute Gasteiger partial charge is 0.357 e. The summed E-state index contributed by atoms with van der Waals surface area (Å²) in [4.78, 5) is 34.8. The highest BCUT2D eigenvalue weighted by Crippen LogP contribution is 2.24. The lowest BCUT2D eigenvalue weighted by atomic mass is 10.1. The van der Waals surface area contributed by atoms with Gasteiger partial charge >= 0.3 is 5.69 Å². The summed E-state index contributed by atoms with van der Waals surface area (Å²) in [6.07, 6.45) is 0. The summed E-state index contributed by atoms with van der Waals surface area (Å²) in [5, 5.41) is 0. The van der Waals surface area contributed by atoms with Crippen molar-refractivity contribution in [2.75, 3.05) is 42.3 Å². The van der Waals surface area contributed by atoms with Gasteiger partial charge in [-0.3, -0.25) is 9.36 Å². The first-order chi connectivity index (χ1) is 12.8. The zero-order valence-corrected chi connectivity index (χ0v) is 18.1. The number of aromatic nitrogens is 4. The monoisotopic (exact) mass is 386 g/mol. The molecule has 0 atom stereocenters. The van der Waals surface area contributed by atoms with Crippen LogP contribution in [0, 0.1) is 13.8 Å². The van der Waals surface area contributed by atoms with Crippen LogP contribution in [0.3, 0.4) is 0 Å². The summed E-state index contributed by atoms with van der Waals surface area (Å²) < 4.78 is 4.18. The summed E-state index contributed by atoms with van der Waals surface area (Å²) >= 11 is 0. The van der Waals surface area contributed by atoms with Crippen molar-refractivity contribution < 1.29 is 8.97 Å². The number of rotatable bonds is 4. The molecule has 0 N–H and O–H groups in total. The normalized spacial score (nSPS) is 12.9. The second-order valence-electron chi connectivity index (χ2n) is 9.63. The van der Waals surface area contributed by atoms with Crippen molar-refractivity contribution in [3.05, 3.63) is 44.1 Å². The number of hydrogen-bond acceptors (Lipinski definition) is 4. The van der Waals surface area contributed by atoms with E-state index >= 15 is 0 Å². The van der Waals surface area contributed by atoms with E-state index in [9.17, 15) is 9.59 Å². The molecule has 3 rings (SSSR count). The highest BCUT2D eigenvalue weighted by Gasteiger charge is 2.26. The quantitative estimate of drug-likeness (QED) is 0.496. The molecule has 0 unspecified atom stereocenters. The predicted octanol–water partition coefficient (Wildman–Crippen LogP) is 1.00. The molecule has 0 saturated carbocycles. The van der Waals surface area contributed by atoms with Crippen molar-refractivity contribution in [2.45, 2.75) is 27.2 Å². The molecule has 2 aliphatic rings. The minimum Gasteiger partial charge on any atom is -0.313 e. The Hall–Kier alpha value is -2.58. The van der Waals surface area contributed by atoms with Gasteiger partial charge in [-0.05, 0) is 37.1 Å². The lowest BCUT2D eigenvalue weighted by molar-refractivity contribution is -0.893. The first-order valence-corrected chi connectivity index (χ1v) is 9.30. The molecule has 8 heteroatoms. The molecule has 2 heterocycles. The summed E-state index contributed by atoms with van der Waals surface area (Å²) in [6.45, 7) is 4.87. The average Bonchev–Trinajstić information content (AvgIpc) is 2.52. The first kappa shape index (κ1) is 20.2. The third-order valence-corrected chi connectivity index (χ3v) is 4.59. The van der Waals surface area contributed by atoms with Crippen LogP contribution in [0.2, 0.25) is 0 Å². The van der Waals surface area contributed by atoms with Gasteiger partial charge in [-0.1, -0.05) is 0 Å². The minimum absolute atomic E-state index is 0.234.